The fourth-order valence-electron chi connectivity index (χ4n) is 2.85. The van der Waals surface area contributed by atoms with Crippen LogP contribution in [0.4, 0.5) is 4.39 Å². The van der Waals surface area contributed by atoms with Gasteiger partial charge in [-0.25, -0.2) is 4.39 Å². The highest BCUT2D eigenvalue weighted by molar-refractivity contribution is 9.10. The molecule has 0 bridgehead atoms. The second-order valence-corrected chi connectivity index (χ2v) is 6.10. The van der Waals surface area contributed by atoms with Crippen molar-refractivity contribution in [1.82, 2.24) is 10.2 Å². The van der Waals surface area contributed by atoms with Crippen LogP contribution >= 0.6 is 15.9 Å². The maximum atomic E-state index is 13.4. The zero-order valence-electron chi connectivity index (χ0n) is 10.3. The molecule has 1 heterocycles. The Hall–Kier alpha value is -0.450. The molecule has 1 aromatic rings. The van der Waals surface area contributed by atoms with Gasteiger partial charge in [-0.2, -0.15) is 0 Å². The Kier molecular flexibility index (Phi) is 3.68. The van der Waals surface area contributed by atoms with Crippen molar-refractivity contribution in [1.29, 1.82) is 0 Å². The monoisotopic (exact) mass is 312 g/mol. The molecule has 0 radical (unpaired) electrons. The molecule has 3 rings (SSSR count). The number of nitrogens with one attached hydrogen (secondary N) is 1. The van der Waals surface area contributed by atoms with Crippen molar-refractivity contribution in [2.75, 3.05) is 26.2 Å². The Balaban J connectivity index is 1.85. The fraction of sp³-hybridized carbons (Fsp3) is 0.571. The number of hydrogen-bond acceptors (Lipinski definition) is 2. The standard InChI is InChI=1S/C14H18BrFN2/c15-12-9-11(3-4-13(12)16)14(10-1-2-10)18-7-5-17-6-8-18/h3-4,9-10,14,17H,1-2,5-8H2/t14-/m1/s1. The van der Waals surface area contributed by atoms with Crippen LogP contribution in [0.25, 0.3) is 0 Å². The van der Waals surface area contributed by atoms with E-state index < -0.39 is 0 Å². The smallest absolute Gasteiger partial charge is 0.137 e. The minimum atomic E-state index is -0.173. The van der Waals surface area contributed by atoms with Gasteiger partial charge in [0, 0.05) is 32.2 Å². The van der Waals surface area contributed by atoms with Gasteiger partial charge in [0.2, 0.25) is 0 Å². The molecule has 0 spiro atoms. The van der Waals surface area contributed by atoms with Crippen molar-refractivity contribution in [3.05, 3.63) is 34.1 Å². The van der Waals surface area contributed by atoms with Gasteiger partial charge in [-0.05, 0) is 52.4 Å². The lowest BCUT2D eigenvalue weighted by Crippen LogP contribution is -2.45. The quantitative estimate of drug-likeness (QED) is 0.923. The van der Waals surface area contributed by atoms with Crippen molar-refractivity contribution in [3.63, 3.8) is 0 Å². The lowest BCUT2D eigenvalue weighted by Gasteiger charge is -2.35. The van der Waals surface area contributed by atoms with Gasteiger partial charge in [-0.3, -0.25) is 4.90 Å². The maximum absolute atomic E-state index is 13.4. The van der Waals surface area contributed by atoms with E-state index in [-0.39, 0.29) is 5.82 Å². The van der Waals surface area contributed by atoms with Crippen LogP contribution in [0.2, 0.25) is 0 Å². The third-order valence-corrected chi connectivity index (χ3v) is 4.51. The summed E-state index contributed by atoms with van der Waals surface area (Å²) in [5.74, 6) is 0.592. The Morgan fingerprint density at radius 2 is 2.00 bits per heavy atom. The average Bonchev–Trinajstić information content (AvgIpc) is 3.20. The molecule has 98 valence electrons. The van der Waals surface area contributed by atoms with E-state index in [1.54, 1.807) is 6.07 Å². The molecule has 18 heavy (non-hydrogen) atoms. The summed E-state index contributed by atoms with van der Waals surface area (Å²) in [6.07, 6.45) is 2.62. The number of piperazine rings is 1. The molecule has 1 N–H and O–H groups in total. The average molecular weight is 313 g/mol. The predicted molar refractivity (Wildman–Crippen MR) is 74.0 cm³/mol. The normalized spacial score (nSPS) is 23.0. The van der Waals surface area contributed by atoms with Crippen molar-refractivity contribution < 1.29 is 4.39 Å². The van der Waals surface area contributed by atoms with E-state index in [4.69, 9.17) is 0 Å². The molecule has 0 amide bonds. The van der Waals surface area contributed by atoms with Gasteiger partial charge in [0.1, 0.15) is 5.82 Å². The second kappa shape index (κ2) is 5.27. The molecule has 4 heteroatoms. The van der Waals surface area contributed by atoms with E-state index in [1.807, 2.05) is 12.1 Å². The molecular weight excluding hydrogens is 295 g/mol. The summed E-state index contributed by atoms with van der Waals surface area (Å²) in [4.78, 5) is 2.55. The number of nitrogens with zero attached hydrogens (tertiary/aromatic N) is 1. The van der Waals surface area contributed by atoms with Crippen molar-refractivity contribution >= 4 is 15.9 Å². The highest BCUT2D eigenvalue weighted by Crippen LogP contribution is 2.45. The Morgan fingerprint density at radius 3 is 2.61 bits per heavy atom. The molecule has 0 unspecified atom stereocenters. The summed E-state index contributed by atoms with van der Waals surface area (Å²) in [5.41, 5.74) is 1.26. The minimum absolute atomic E-state index is 0.173. The van der Waals surface area contributed by atoms with Crippen LogP contribution in [0.5, 0.6) is 0 Å². The molecule has 2 aliphatic rings. The van der Waals surface area contributed by atoms with Gasteiger partial charge in [-0.1, -0.05) is 6.07 Å². The van der Waals surface area contributed by atoms with Crippen LogP contribution in [-0.2, 0) is 0 Å². The molecule has 1 saturated heterocycles. The van der Waals surface area contributed by atoms with Crippen LogP contribution in [0.1, 0.15) is 24.4 Å². The van der Waals surface area contributed by atoms with Crippen molar-refractivity contribution in [2.45, 2.75) is 18.9 Å². The van der Waals surface area contributed by atoms with Gasteiger partial charge < -0.3 is 5.32 Å². The van der Waals surface area contributed by atoms with Crippen LogP contribution in [0.3, 0.4) is 0 Å². The molecule has 1 saturated carbocycles. The Labute approximate surface area is 116 Å². The summed E-state index contributed by atoms with van der Waals surface area (Å²) in [6.45, 7) is 4.31. The van der Waals surface area contributed by atoms with E-state index >= 15 is 0 Å². The van der Waals surface area contributed by atoms with Crippen LogP contribution in [-0.4, -0.2) is 31.1 Å². The van der Waals surface area contributed by atoms with Crippen LogP contribution in [0, 0.1) is 11.7 Å². The number of benzene rings is 1. The summed E-state index contributed by atoms with van der Waals surface area (Å²) < 4.78 is 13.9. The number of hydrogen-bond donors (Lipinski definition) is 1. The number of rotatable bonds is 3. The molecular formula is C14H18BrFN2. The summed E-state index contributed by atoms with van der Waals surface area (Å²) in [5, 5.41) is 3.39. The van der Waals surface area contributed by atoms with Crippen LogP contribution in [0.15, 0.2) is 22.7 Å². The Morgan fingerprint density at radius 1 is 1.28 bits per heavy atom. The maximum Gasteiger partial charge on any atom is 0.137 e. The second-order valence-electron chi connectivity index (χ2n) is 5.24. The molecule has 2 fully saturated rings. The SMILES string of the molecule is Fc1ccc([C@@H](C2CC2)N2CCNCC2)cc1Br. The third kappa shape index (κ3) is 2.60. The first-order valence-electron chi connectivity index (χ1n) is 6.65. The van der Waals surface area contributed by atoms with Crippen LogP contribution < -0.4 is 5.32 Å². The highest BCUT2D eigenvalue weighted by atomic mass is 79.9. The zero-order valence-corrected chi connectivity index (χ0v) is 11.9. The molecule has 1 aliphatic heterocycles. The summed E-state index contributed by atoms with van der Waals surface area (Å²) in [6, 6.07) is 5.96. The van der Waals surface area contributed by atoms with Gasteiger partial charge in [0.25, 0.3) is 0 Å². The van der Waals surface area contributed by atoms with E-state index in [0.29, 0.717) is 10.5 Å². The van der Waals surface area contributed by atoms with Crippen molar-refractivity contribution in [3.8, 4) is 0 Å². The van der Waals surface area contributed by atoms with Gasteiger partial charge in [-0.15, -0.1) is 0 Å². The Bertz CT molecular complexity index is 428. The van der Waals surface area contributed by atoms with E-state index in [2.05, 4.69) is 26.1 Å². The summed E-state index contributed by atoms with van der Waals surface area (Å²) >= 11 is 3.30. The largest absolute Gasteiger partial charge is 0.314 e. The van der Waals surface area contributed by atoms with E-state index in [1.165, 1.54) is 18.4 Å². The van der Waals surface area contributed by atoms with Gasteiger partial charge >= 0.3 is 0 Å². The zero-order chi connectivity index (χ0) is 12.5. The lowest BCUT2D eigenvalue weighted by atomic mass is 10.00. The van der Waals surface area contributed by atoms with Gasteiger partial charge in [0.15, 0.2) is 0 Å². The highest BCUT2D eigenvalue weighted by Gasteiger charge is 2.36. The first kappa shape index (κ1) is 12.6. The van der Waals surface area contributed by atoms with Gasteiger partial charge in [0.05, 0.1) is 4.47 Å². The molecule has 1 atom stereocenters. The van der Waals surface area contributed by atoms with Crippen molar-refractivity contribution in [2.24, 2.45) is 5.92 Å². The molecule has 1 aliphatic carbocycles. The molecule has 1 aromatic carbocycles. The first-order valence-corrected chi connectivity index (χ1v) is 7.45. The summed E-state index contributed by atoms with van der Waals surface area (Å²) in [7, 11) is 0. The number of halogens is 2. The van der Waals surface area contributed by atoms with E-state index in [0.717, 1.165) is 32.1 Å². The predicted octanol–water partition coefficient (Wildman–Crippen LogP) is 2.94. The van der Waals surface area contributed by atoms with E-state index in [9.17, 15) is 4.39 Å². The third-order valence-electron chi connectivity index (χ3n) is 3.90. The topological polar surface area (TPSA) is 15.3 Å². The lowest BCUT2D eigenvalue weighted by molar-refractivity contribution is 0.156. The minimum Gasteiger partial charge on any atom is -0.314 e. The molecule has 0 aromatic heterocycles. The fourth-order valence-corrected chi connectivity index (χ4v) is 3.25. The molecule has 2 nitrogen and oxygen atoms in total. The first-order chi connectivity index (χ1) is 8.75.